The van der Waals surface area contributed by atoms with Gasteiger partial charge in [-0.1, -0.05) is 6.07 Å². The number of rotatable bonds is 4. The summed E-state index contributed by atoms with van der Waals surface area (Å²) in [6.45, 7) is 3.93. The molecular formula is C18H19N5OS2. The Hall–Kier alpha value is -2.16. The van der Waals surface area contributed by atoms with E-state index in [0.717, 1.165) is 36.6 Å². The molecule has 8 heteroatoms. The Morgan fingerprint density at radius 3 is 2.85 bits per heavy atom. The lowest BCUT2D eigenvalue weighted by molar-refractivity contribution is 0.103. The fourth-order valence-electron chi connectivity index (χ4n) is 3.00. The average Bonchev–Trinajstić information content (AvgIpc) is 3.30. The number of piperidine rings is 1. The third kappa shape index (κ3) is 3.67. The first-order valence-corrected chi connectivity index (χ1v) is 10.2. The number of nitrogens with one attached hydrogen (secondary N) is 2. The fourth-order valence-corrected chi connectivity index (χ4v) is 4.92. The van der Waals surface area contributed by atoms with Crippen LogP contribution in [0.5, 0.6) is 0 Å². The summed E-state index contributed by atoms with van der Waals surface area (Å²) in [4.78, 5) is 27.7. The number of thiazole rings is 2. The molecule has 1 aliphatic rings. The first kappa shape index (κ1) is 17.3. The third-order valence-electron chi connectivity index (χ3n) is 4.37. The number of amides is 1. The molecular weight excluding hydrogens is 366 g/mol. The van der Waals surface area contributed by atoms with Gasteiger partial charge in [-0.15, -0.1) is 22.7 Å². The van der Waals surface area contributed by atoms with Gasteiger partial charge in [0.15, 0.2) is 5.13 Å². The Kier molecular flexibility index (Phi) is 5.05. The van der Waals surface area contributed by atoms with Crippen molar-refractivity contribution < 1.29 is 4.79 Å². The molecule has 4 rings (SSSR count). The van der Waals surface area contributed by atoms with Crippen LogP contribution in [-0.2, 0) is 0 Å². The molecule has 0 aliphatic carbocycles. The lowest BCUT2D eigenvalue weighted by atomic mass is 9.97. The standard InChI is InChI=1S/C18H19N5OS2/c1-11-15(26-17(22-11)13-4-2-3-7-20-13)16(24)23-18-21-10-14(25-18)12-5-8-19-9-6-12/h2-4,7,10,12,19H,5-6,8-9H2,1H3,(H,21,23,24). The molecule has 0 bridgehead atoms. The van der Waals surface area contributed by atoms with Crippen molar-refractivity contribution in [3.05, 3.63) is 46.0 Å². The molecule has 4 heterocycles. The maximum Gasteiger partial charge on any atom is 0.269 e. The molecule has 2 N–H and O–H groups in total. The van der Waals surface area contributed by atoms with E-state index in [1.807, 2.05) is 31.3 Å². The van der Waals surface area contributed by atoms with E-state index >= 15 is 0 Å². The van der Waals surface area contributed by atoms with Crippen LogP contribution in [0.1, 0.15) is 39.0 Å². The maximum absolute atomic E-state index is 12.7. The summed E-state index contributed by atoms with van der Waals surface area (Å²) >= 11 is 2.93. The van der Waals surface area contributed by atoms with Gasteiger partial charge in [0.2, 0.25) is 0 Å². The Balaban J connectivity index is 1.48. The Morgan fingerprint density at radius 1 is 1.23 bits per heavy atom. The van der Waals surface area contributed by atoms with Gasteiger partial charge in [-0.3, -0.25) is 15.1 Å². The van der Waals surface area contributed by atoms with Crippen LogP contribution in [0.4, 0.5) is 5.13 Å². The summed E-state index contributed by atoms with van der Waals surface area (Å²) in [7, 11) is 0. The van der Waals surface area contributed by atoms with Crippen LogP contribution in [0.15, 0.2) is 30.6 Å². The molecule has 0 aromatic carbocycles. The van der Waals surface area contributed by atoms with Crippen molar-refractivity contribution in [2.75, 3.05) is 18.4 Å². The number of carbonyl (C=O) groups is 1. The molecule has 0 saturated carbocycles. The number of carbonyl (C=O) groups excluding carboxylic acids is 1. The van der Waals surface area contributed by atoms with Crippen molar-refractivity contribution in [3.63, 3.8) is 0 Å². The predicted octanol–water partition coefficient (Wildman–Crippen LogP) is 3.69. The SMILES string of the molecule is Cc1nc(-c2ccccn2)sc1C(=O)Nc1ncc(C2CCNCC2)s1. The predicted molar refractivity (Wildman–Crippen MR) is 105 cm³/mol. The zero-order valence-corrected chi connectivity index (χ0v) is 16.0. The van der Waals surface area contributed by atoms with E-state index < -0.39 is 0 Å². The van der Waals surface area contributed by atoms with Gasteiger partial charge in [0.25, 0.3) is 5.91 Å². The maximum atomic E-state index is 12.7. The molecule has 1 saturated heterocycles. The lowest BCUT2D eigenvalue weighted by Crippen LogP contribution is -2.26. The molecule has 1 amide bonds. The second kappa shape index (κ2) is 7.61. The van der Waals surface area contributed by atoms with Crippen LogP contribution >= 0.6 is 22.7 Å². The van der Waals surface area contributed by atoms with Crippen LogP contribution in [0.2, 0.25) is 0 Å². The Labute approximate surface area is 159 Å². The number of hydrogen-bond donors (Lipinski definition) is 2. The number of pyridine rings is 1. The quantitative estimate of drug-likeness (QED) is 0.716. The van der Waals surface area contributed by atoms with E-state index in [4.69, 9.17) is 0 Å². The van der Waals surface area contributed by atoms with Crippen LogP contribution in [0.25, 0.3) is 10.7 Å². The monoisotopic (exact) mass is 385 g/mol. The minimum Gasteiger partial charge on any atom is -0.317 e. The molecule has 26 heavy (non-hydrogen) atoms. The Bertz CT molecular complexity index is 899. The molecule has 0 atom stereocenters. The summed E-state index contributed by atoms with van der Waals surface area (Å²) in [5, 5.41) is 7.70. The molecule has 134 valence electrons. The van der Waals surface area contributed by atoms with E-state index in [1.54, 1.807) is 17.5 Å². The van der Waals surface area contributed by atoms with Crippen molar-refractivity contribution in [1.82, 2.24) is 20.3 Å². The van der Waals surface area contributed by atoms with E-state index in [2.05, 4.69) is 25.6 Å². The molecule has 3 aromatic heterocycles. The zero-order valence-electron chi connectivity index (χ0n) is 14.4. The summed E-state index contributed by atoms with van der Waals surface area (Å²) in [5.74, 6) is 0.383. The van der Waals surface area contributed by atoms with E-state index in [-0.39, 0.29) is 5.91 Å². The summed E-state index contributed by atoms with van der Waals surface area (Å²) in [6.07, 6.45) is 5.87. The van der Waals surface area contributed by atoms with Gasteiger partial charge in [0, 0.05) is 17.3 Å². The molecule has 0 unspecified atom stereocenters. The van der Waals surface area contributed by atoms with Crippen LogP contribution in [0.3, 0.4) is 0 Å². The van der Waals surface area contributed by atoms with Gasteiger partial charge in [0.05, 0.1) is 11.4 Å². The van der Waals surface area contributed by atoms with Crippen molar-refractivity contribution in [3.8, 4) is 10.7 Å². The van der Waals surface area contributed by atoms with Gasteiger partial charge >= 0.3 is 0 Å². The number of aromatic nitrogens is 3. The Morgan fingerprint density at radius 2 is 2.08 bits per heavy atom. The van der Waals surface area contributed by atoms with E-state index in [0.29, 0.717) is 21.6 Å². The van der Waals surface area contributed by atoms with Crippen molar-refractivity contribution in [1.29, 1.82) is 0 Å². The molecule has 0 radical (unpaired) electrons. The van der Waals surface area contributed by atoms with Gasteiger partial charge in [-0.2, -0.15) is 0 Å². The fraction of sp³-hybridized carbons (Fsp3) is 0.333. The molecule has 6 nitrogen and oxygen atoms in total. The summed E-state index contributed by atoms with van der Waals surface area (Å²) in [6, 6.07) is 5.67. The van der Waals surface area contributed by atoms with Gasteiger partial charge in [0.1, 0.15) is 9.88 Å². The first-order valence-electron chi connectivity index (χ1n) is 8.57. The second-order valence-corrected chi connectivity index (χ2v) is 8.26. The average molecular weight is 386 g/mol. The molecule has 1 fully saturated rings. The molecule has 3 aromatic rings. The zero-order chi connectivity index (χ0) is 17.9. The summed E-state index contributed by atoms with van der Waals surface area (Å²) < 4.78 is 0. The summed E-state index contributed by atoms with van der Waals surface area (Å²) in [5.41, 5.74) is 1.49. The minimum atomic E-state index is -0.159. The van der Waals surface area contributed by atoms with Crippen molar-refractivity contribution in [2.45, 2.75) is 25.7 Å². The largest absolute Gasteiger partial charge is 0.317 e. The van der Waals surface area contributed by atoms with Crippen molar-refractivity contribution in [2.24, 2.45) is 0 Å². The lowest BCUT2D eigenvalue weighted by Gasteiger charge is -2.20. The smallest absolute Gasteiger partial charge is 0.269 e. The normalized spacial score (nSPS) is 15.1. The van der Waals surface area contributed by atoms with Gasteiger partial charge in [-0.05, 0) is 50.9 Å². The van der Waals surface area contributed by atoms with Crippen molar-refractivity contribution >= 4 is 33.7 Å². The van der Waals surface area contributed by atoms with Gasteiger partial charge in [-0.25, -0.2) is 9.97 Å². The highest BCUT2D eigenvalue weighted by Crippen LogP contribution is 2.32. The molecule has 1 aliphatic heterocycles. The van der Waals surface area contributed by atoms with Crippen LogP contribution < -0.4 is 10.6 Å². The van der Waals surface area contributed by atoms with E-state index in [1.165, 1.54) is 16.2 Å². The topological polar surface area (TPSA) is 79.8 Å². The number of hydrogen-bond acceptors (Lipinski definition) is 7. The highest BCUT2D eigenvalue weighted by molar-refractivity contribution is 7.17. The number of anilines is 1. The third-order valence-corrected chi connectivity index (χ3v) is 6.63. The minimum absolute atomic E-state index is 0.159. The van der Waals surface area contributed by atoms with Gasteiger partial charge < -0.3 is 5.32 Å². The molecule has 0 spiro atoms. The highest BCUT2D eigenvalue weighted by Gasteiger charge is 2.20. The van der Waals surface area contributed by atoms with Crippen LogP contribution in [0, 0.1) is 6.92 Å². The van der Waals surface area contributed by atoms with E-state index in [9.17, 15) is 4.79 Å². The second-order valence-electron chi connectivity index (χ2n) is 6.19. The first-order chi connectivity index (χ1) is 12.7. The number of nitrogens with zero attached hydrogens (tertiary/aromatic N) is 3. The highest BCUT2D eigenvalue weighted by atomic mass is 32.1. The van der Waals surface area contributed by atoms with Crippen LogP contribution in [-0.4, -0.2) is 33.9 Å². The number of aryl methyl sites for hydroxylation is 1.